The first-order valence-corrected chi connectivity index (χ1v) is 5.97. The van der Waals surface area contributed by atoms with Crippen LogP contribution in [0.1, 0.15) is 26.7 Å². The Bertz CT molecular complexity index is 256. The molecular weight excluding hydrogens is 206 g/mol. The molecule has 1 aliphatic heterocycles. The van der Waals surface area contributed by atoms with Crippen molar-refractivity contribution in [2.75, 3.05) is 26.2 Å². The van der Waals surface area contributed by atoms with Crippen molar-refractivity contribution < 1.29 is 9.59 Å². The molecular formula is C11H21N3O2. The van der Waals surface area contributed by atoms with Crippen LogP contribution in [0.5, 0.6) is 0 Å². The zero-order valence-corrected chi connectivity index (χ0v) is 10.1. The lowest BCUT2D eigenvalue weighted by Crippen LogP contribution is -2.42. The lowest BCUT2D eigenvalue weighted by Gasteiger charge is -2.16. The quantitative estimate of drug-likeness (QED) is 0.656. The summed E-state index contributed by atoms with van der Waals surface area (Å²) in [6.07, 6.45) is 1.82. The van der Waals surface area contributed by atoms with Gasteiger partial charge in [-0.15, -0.1) is 0 Å². The molecule has 16 heavy (non-hydrogen) atoms. The van der Waals surface area contributed by atoms with Gasteiger partial charge in [0, 0.05) is 13.1 Å². The van der Waals surface area contributed by atoms with E-state index < -0.39 is 0 Å². The Balaban J connectivity index is 2.35. The Morgan fingerprint density at radius 3 is 2.88 bits per heavy atom. The van der Waals surface area contributed by atoms with Crippen LogP contribution in [0.15, 0.2) is 0 Å². The number of rotatable bonds is 6. The van der Waals surface area contributed by atoms with E-state index >= 15 is 0 Å². The van der Waals surface area contributed by atoms with E-state index in [1.54, 1.807) is 4.90 Å². The van der Waals surface area contributed by atoms with Gasteiger partial charge in [-0.05, 0) is 26.3 Å². The molecule has 0 aliphatic carbocycles. The number of nitrogens with zero attached hydrogens (tertiary/aromatic N) is 1. The standard InChI is InChI=1S/C11H21N3O2/c1-3-6-13-9-5-7-14(11(9)16)8-10(15)12-4-2/h9,13H,3-8H2,1-2H3,(H,12,15). The number of hydrogen-bond donors (Lipinski definition) is 2. The molecule has 2 N–H and O–H groups in total. The summed E-state index contributed by atoms with van der Waals surface area (Å²) < 4.78 is 0. The fourth-order valence-electron chi connectivity index (χ4n) is 1.83. The highest BCUT2D eigenvalue weighted by Gasteiger charge is 2.31. The van der Waals surface area contributed by atoms with Gasteiger partial charge in [0.05, 0.1) is 12.6 Å². The predicted molar refractivity (Wildman–Crippen MR) is 62.0 cm³/mol. The number of amides is 2. The number of likely N-dealkylation sites (tertiary alicyclic amines) is 1. The minimum Gasteiger partial charge on any atom is -0.355 e. The molecule has 5 nitrogen and oxygen atoms in total. The average molecular weight is 227 g/mol. The van der Waals surface area contributed by atoms with Crippen molar-refractivity contribution in [3.63, 3.8) is 0 Å². The summed E-state index contributed by atoms with van der Waals surface area (Å²) in [6, 6.07) is -0.0885. The van der Waals surface area contributed by atoms with Crippen LogP contribution < -0.4 is 10.6 Å². The minimum absolute atomic E-state index is 0.0553. The number of likely N-dealkylation sites (N-methyl/N-ethyl adjacent to an activating group) is 1. The van der Waals surface area contributed by atoms with Gasteiger partial charge in [0.1, 0.15) is 0 Å². The fraction of sp³-hybridized carbons (Fsp3) is 0.818. The van der Waals surface area contributed by atoms with Gasteiger partial charge >= 0.3 is 0 Å². The molecule has 0 aromatic carbocycles. The van der Waals surface area contributed by atoms with E-state index in [1.165, 1.54) is 0 Å². The van der Waals surface area contributed by atoms with Crippen molar-refractivity contribution in [3.8, 4) is 0 Å². The third-order valence-corrected chi connectivity index (χ3v) is 2.65. The van der Waals surface area contributed by atoms with Crippen LogP contribution in [0.3, 0.4) is 0 Å². The first kappa shape index (κ1) is 13.0. The SMILES string of the molecule is CCCNC1CCN(CC(=O)NCC)C1=O. The highest BCUT2D eigenvalue weighted by molar-refractivity contribution is 5.89. The van der Waals surface area contributed by atoms with Crippen LogP contribution in [0.4, 0.5) is 0 Å². The van der Waals surface area contributed by atoms with E-state index in [0.717, 1.165) is 19.4 Å². The van der Waals surface area contributed by atoms with Gasteiger partial charge < -0.3 is 15.5 Å². The predicted octanol–water partition coefficient (Wildman–Crippen LogP) is -0.277. The average Bonchev–Trinajstić information content (AvgIpc) is 2.58. The molecule has 92 valence electrons. The van der Waals surface area contributed by atoms with Gasteiger partial charge in [-0.25, -0.2) is 0 Å². The second-order valence-electron chi connectivity index (χ2n) is 4.01. The zero-order chi connectivity index (χ0) is 12.0. The molecule has 0 aromatic heterocycles. The van der Waals surface area contributed by atoms with Crippen LogP contribution in [-0.2, 0) is 9.59 Å². The van der Waals surface area contributed by atoms with Crippen molar-refractivity contribution in [2.24, 2.45) is 0 Å². The van der Waals surface area contributed by atoms with Gasteiger partial charge in [0.15, 0.2) is 0 Å². The molecule has 1 saturated heterocycles. The van der Waals surface area contributed by atoms with Crippen LogP contribution in [0, 0.1) is 0 Å². The maximum absolute atomic E-state index is 11.8. The first-order chi connectivity index (χ1) is 7.69. The smallest absolute Gasteiger partial charge is 0.240 e. The summed E-state index contributed by atoms with van der Waals surface area (Å²) in [5.74, 6) is -0.0216. The normalized spacial score (nSPS) is 20.2. The lowest BCUT2D eigenvalue weighted by molar-refractivity contribution is -0.134. The molecule has 1 atom stereocenters. The summed E-state index contributed by atoms with van der Waals surface area (Å²) in [5.41, 5.74) is 0. The summed E-state index contributed by atoms with van der Waals surface area (Å²) in [6.45, 7) is 6.27. The molecule has 1 heterocycles. The van der Waals surface area contributed by atoms with E-state index in [1.807, 2.05) is 6.92 Å². The van der Waals surface area contributed by atoms with Crippen LogP contribution in [-0.4, -0.2) is 48.9 Å². The molecule has 0 radical (unpaired) electrons. The van der Waals surface area contributed by atoms with Gasteiger partial charge in [-0.1, -0.05) is 6.92 Å². The number of hydrogen-bond acceptors (Lipinski definition) is 3. The van der Waals surface area contributed by atoms with Gasteiger partial charge in [0.2, 0.25) is 11.8 Å². The van der Waals surface area contributed by atoms with E-state index in [0.29, 0.717) is 13.1 Å². The molecule has 0 saturated carbocycles. The van der Waals surface area contributed by atoms with Crippen LogP contribution >= 0.6 is 0 Å². The van der Waals surface area contributed by atoms with Crippen molar-refractivity contribution in [2.45, 2.75) is 32.7 Å². The lowest BCUT2D eigenvalue weighted by atomic mass is 10.2. The van der Waals surface area contributed by atoms with E-state index in [4.69, 9.17) is 0 Å². The molecule has 5 heteroatoms. The third-order valence-electron chi connectivity index (χ3n) is 2.65. The highest BCUT2D eigenvalue weighted by Crippen LogP contribution is 2.10. The second-order valence-corrected chi connectivity index (χ2v) is 4.01. The second kappa shape index (κ2) is 6.48. The molecule has 0 bridgehead atoms. The summed E-state index contributed by atoms with van der Waals surface area (Å²) in [7, 11) is 0. The molecule has 2 amide bonds. The maximum Gasteiger partial charge on any atom is 0.240 e. The molecule has 1 rings (SSSR count). The molecule has 0 spiro atoms. The minimum atomic E-state index is -0.0885. The molecule has 1 fully saturated rings. The maximum atomic E-state index is 11.8. The van der Waals surface area contributed by atoms with Crippen molar-refractivity contribution in [3.05, 3.63) is 0 Å². The van der Waals surface area contributed by atoms with Gasteiger partial charge in [0.25, 0.3) is 0 Å². The van der Waals surface area contributed by atoms with Crippen molar-refractivity contribution in [1.82, 2.24) is 15.5 Å². The summed E-state index contributed by atoms with van der Waals surface area (Å²) in [4.78, 5) is 24.8. The summed E-state index contributed by atoms with van der Waals surface area (Å²) in [5, 5.41) is 5.89. The van der Waals surface area contributed by atoms with E-state index in [9.17, 15) is 9.59 Å². The number of nitrogens with one attached hydrogen (secondary N) is 2. The zero-order valence-electron chi connectivity index (χ0n) is 10.1. The Morgan fingerprint density at radius 1 is 1.50 bits per heavy atom. The van der Waals surface area contributed by atoms with E-state index in [-0.39, 0.29) is 24.4 Å². The molecule has 0 aromatic rings. The van der Waals surface area contributed by atoms with Crippen molar-refractivity contribution in [1.29, 1.82) is 0 Å². The van der Waals surface area contributed by atoms with Gasteiger partial charge in [-0.3, -0.25) is 9.59 Å². The highest BCUT2D eigenvalue weighted by atomic mass is 16.2. The monoisotopic (exact) mass is 227 g/mol. The van der Waals surface area contributed by atoms with Crippen LogP contribution in [0.25, 0.3) is 0 Å². The largest absolute Gasteiger partial charge is 0.355 e. The third kappa shape index (κ3) is 3.48. The van der Waals surface area contributed by atoms with Gasteiger partial charge in [-0.2, -0.15) is 0 Å². The first-order valence-electron chi connectivity index (χ1n) is 5.97. The summed E-state index contributed by atoms with van der Waals surface area (Å²) >= 11 is 0. The number of carbonyl (C=O) groups excluding carboxylic acids is 2. The molecule has 1 aliphatic rings. The van der Waals surface area contributed by atoms with Crippen molar-refractivity contribution >= 4 is 11.8 Å². The Labute approximate surface area is 96.6 Å². The molecule has 1 unspecified atom stereocenters. The fourth-order valence-corrected chi connectivity index (χ4v) is 1.83. The van der Waals surface area contributed by atoms with E-state index in [2.05, 4.69) is 17.6 Å². The Kier molecular flexibility index (Phi) is 5.25. The Hall–Kier alpha value is -1.10. The topological polar surface area (TPSA) is 61.4 Å². The van der Waals surface area contributed by atoms with Crippen LogP contribution in [0.2, 0.25) is 0 Å². The number of carbonyl (C=O) groups is 2. The Morgan fingerprint density at radius 2 is 2.25 bits per heavy atom.